The van der Waals surface area contributed by atoms with Crippen LogP contribution in [0.5, 0.6) is 11.8 Å². The van der Waals surface area contributed by atoms with Crippen LogP contribution in [0, 0.1) is 0 Å². The number of imidazole rings is 1. The normalized spacial score (nSPS) is 11.0. The van der Waals surface area contributed by atoms with Crippen LogP contribution in [0.4, 0.5) is 0 Å². The van der Waals surface area contributed by atoms with Crippen molar-refractivity contribution in [3.8, 4) is 51.0 Å². The molecular formula is C36H25N3O. The van der Waals surface area contributed by atoms with E-state index in [9.17, 15) is 0 Å². The lowest BCUT2D eigenvalue weighted by molar-refractivity contribution is 0.437. The molecule has 0 aliphatic heterocycles. The van der Waals surface area contributed by atoms with E-state index in [-0.39, 0.29) is 0 Å². The van der Waals surface area contributed by atoms with Crippen molar-refractivity contribution in [3.05, 3.63) is 152 Å². The van der Waals surface area contributed by atoms with E-state index >= 15 is 0 Å². The molecule has 0 atom stereocenters. The number of aromatic nitrogens is 3. The van der Waals surface area contributed by atoms with E-state index in [1.807, 2.05) is 60.8 Å². The fourth-order valence-electron chi connectivity index (χ4n) is 5.11. The fourth-order valence-corrected chi connectivity index (χ4v) is 5.11. The molecule has 4 heteroatoms. The summed E-state index contributed by atoms with van der Waals surface area (Å²) in [4.78, 5) is 9.71. The van der Waals surface area contributed by atoms with Crippen molar-refractivity contribution < 1.29 is 4.74 Å². The van der Waals surface area contributed by atoms with Crippen molar-refractivity contribution in [1.82, 2.24) is 14.5 Å². The largest absolute Gasteiger partial charge is 0.425 e. The molecule has 0 aliphatic rings. The minimum absolute atomic E-state index is 0.493. The maximum atomic E-state index is 6.62. The van der Waals surface area contributed by atoms with Crippen LogP contribution in [0.15, 0.2) is 152 Å². The zero-order valence-corrected chi connectivity index (χ0v) is 21.7. The molecule has 0 N–H and O–H groups in total. The zero-order chi connectivity index (χ0) is 26.7. The Morgan fingerprint density at radius 1 is 0.525 bits per heavy atom. The van der Waals surface area contributed by atoms with Crippen LogP contribution in [0.1, 0.15) is 0 Å². The van der Waals surface area contributed by atoms with Crippen molar-refractivity contribution in [2.45, 2.75) is 0 Å². The highest BCUT2D eigenvalue weighted by Crippen LogP contribution is 2.38. The summed E-state index contributed by atoms with van der Waals surface area (Å²) in [5.41, 5.74) is 9.02. The number of para-hydroxylation sites is 2. The number of ether oxygens (including phenoxy) is 1. The number of hydrogen-bond acceptors (Lipinski definition) is 3. The van der Waals surface area contributed by atoms with Crippen molar-refractivity contribution in [2.75, 3.05) is 0 Å². The van der Waals surface area contributed by atoms with Gasteiger partial charge in [-0.2, -0.15) is 4.98 Å². The van der Waals surface area contributed by atoms with Crippen LogP contribution >= 0.6 is 0 Å². The molecular weight excluding hydrogens is 490 g/mol. The Labute approximate surface area is 232 Å². The summed E-state index contributed by atoms with van der Waals surface area (Å²) in [7, 11) is 0. The molecule has 0 radical (unpaired) electrons. The second-order valence-corrected chi connectivity index (χ2v) is 9.50. The third-order valence-corrected chi connectivity index (χ3v) is 6.98. The molecule has 0 saturated heterocycles. The molecule has 0 saturated carbocycles. The number of hydrogen-bond donors (Lipinski definition) is 0. The van der Waals surface area contributed by atoms with Gasteiger partial charge >= 0.3 is 6.01 Å². The van der Waals surface area contributed by atoms with Gasteiger partial charge < -0.3 is 4.74 Å². The highest BCUT2D eigenvalue weighted by Gasteiger charge is 2.20. The average molecular weight is 516 g/mol. The molecule has 5 aromatic carbocycles. The van der Waals surface area contributed by atoms with Gasteiger partial charge in [-0.1, -0.05) is 109 Å². The first-order chi connectivity index (χ1) is 19.8. The summed E-state index contributed by atoms with van der Waals surface area (Å²) in [5, 5.41) is 0. The van der Waals surface area contributed by atoms with Gasteiger partial charge in [-0.25, -0.2) is 0 Å². The SMILES string of the molecule is c1ccc(-c2cccc(Oc3nc4c(-c5ccccn5)cccc4n3-c3ccccc3-c3ccccc3)c2)cc1. The molecule has 2 aromatic heterocycles. The molecule has 0 aliphatic carbocycles. The molecule has 190 valence electrons. The Balaban J connectivity index is 1.44. The van der Waals surface area contributed by atoms with Gasteiger partial charge in [0.05, 0.1) is 16.9 Å². The number of pyridine rings is 1. The maximum absolute atomic E-state index is 6.62. The highest BCUT2D eigenvalue weighted by atomic mass is 16.5. The summed E-state index contributed by atoms with van der Waals surface area (Å²) in [6, 6.07) is 49.8. The molecule has 0 amide bonds. The lowest BCUT2D eigenvalue weighted by atomic mass is 10.0. The van der Waals surface area contributed by atoms with Crippen molar-refractivity contribution in [2.24, 2.45) is 0 Å². The minimum Gasteiger partial charge on any atom is -0.425 e. The van der Waals surface area contributed by atoms with Crippen LogP contribution in [-0.4, -0.2) is 14.5 Å². The van der Waals surface area contributed by atoms with Crippen molar-refractivity contribution >= 4 is 11.0 Å². The van der Waals surface area contributed by atoms with Crippen LogP contribution < -0.4 is 4.74 Å². The first-order valence-corrected chi connectivity index (χ1v) is 13.3. The molecule has 4 nitrogen and oxygen atoms in total. The standard InChI is InChI=1S/C36H25N3O/c1-3-13-26(14-4-1)28-17-11-18-29(25-28)40-36-38-35-31(32-21-9-10-24-37-32)20-12-23-34(35)39(36)33-22-8-7-19-30(33)27-15-5-2-6-16-27/h1-25H. The van der Waals surface area contributed by atoms with E-state index < -0.39 is 0 Å². The molecule has 7 aromatic rings. The number of benzene rings is 5. The predicted molar refractivity (Wildman–Crippen MR) is 162 cm³/mol. The molecule has 7 rings (SSSR count). The molecule has 2 heterocycles. The van der Waals surface area contributed by atoms with Gasteiger partial charge in [0.2, 0.25) is 0 Å². The van der Waals surface area contributed by atoms with Gasteiger partial charge in [0, 0.05) is 17.3 Å². The molecule has 0 unspecified atom stereocenters. The molecule has 0 spiro atoms. The topological polar surface area (TPSA) is 39.9 Å². The lowest BCUT2D eigenvalue weighted by Gasteiger charge is -2.15. The van der Waals surface area contributed by atoms with Crippen LogP contribution in [-0.2, 0) is 0 Å². The van der Waals surface area contributed by atoms with Gasteiger partial charge in [0.1, 0.15) is 11.3 Å². The summed E-state index contributed by atoms with van der Waals surface area (Å²) in [5.74, 6) is 0.717. The lowest BCUT2D eigenvalue weighted by Crippen LogP contribution is -2.00. The zero-order valence-electron chi connectivity index (χ0n) is 21.7. The molecule has 0 fully saturated rings. The Kier molecular flexibility index (Phi) is 6.11. The first kappa shape index (κ1) is 23.6. The second kappa shape index (κ2) is 10.4. The predicted octanol–water partition coefficient (Wildman–Crippen LogP) is 9.21. The minimum atomic E-state index is 0.493. The number of fused-ring (bicyclic) bond motifs is 1. The van der Waals surface area contributed by atoms with Gasteiger partial charge in [-0.05, 0) is 53.1 Å². The van der Waals surface area contributed by atoms with Gasteiger partial charge in [-0.3, -0.25) is 9.55 Å². The quantitative estimate of drug-likeness (QED) is 0.222. The van der Waals surface area contributed by atoms with Gasteiger partial charge in [0.25, 0.3) is 0 Å². The van der Waals surface area contributed by atoms with Gasteiger partial charge in [0.15, 0.2) is 0 Å². The summed E-state index contributed by atoms with van der Waals surface area (Å²) in [6.07, 6.45) is 1.81. The van der Waals surface area contributed by atoms with Crippen molar-refractivity contribution in [3.63, 3.8) is 0 Å². The second-order valence-electron chi connectivity index (χ2n) is 9.50. The summed E-state index contributed by atoms with van der Waals surface area (Å²) < 4.78 is 8.73. The number of nitrogens with zero attached hydrogens (tertiary/aromatic N) is 3. The summed E-state index contributed by atoms with van der Waals surface area (Å²) in [6.45, 7) is 0. The van der Waals surface area contributed by atoms with Crippen LogP contribution in [0.3, 0.4) is 0 Å². The van der Waals surface area contributed by atoms with E-state index in [4.69, 9.17) is 9.72 Å². The Morgan fingerprint density at radius 3 is 2.00 bits per heavy atom. The van der Waals surface area contributed by atoms with E-state index in [0.29, 0.717) is 6.01 Å². The Morgan fingerprint density at radius 2 is 1.20 bits per heavy atom. The van der Waals surface area contributed by atoms with E-state index in [1.54, 1.807) is 0 Å². The smallest absolute Gasteiger partial charge is 0.307 e. The third-order valence-electron chi connectivity index (χ3n) is 6.98. The Bertz CT molecular complexity index is 1910. The van der Waals surface area contributed by atoms with E-state index in [1.165, 1.54) is 0 Å². The van der Waals surface area contributed by atoms with E-state index in [2.05, 4.69) is 101 Å². The average Bonchev–Trinajstić information content (AvgIpc) is 3.40. The fraction of sp³-hybridized carbons (Fsp3) is 0. The van der Waals surface area contributed by atoms with Crippen LogP contribution in [0.2, 0.25) is 0 Å². The Hall–Kier alpha value is -5.48. The summed E-state index contributed by atoms with van der Waals surface area (Å²) >= 11 is 0. The first-order valence-electron chi connectivity index (χ1n) is 13.3. The monoisotopic (exact) mass is 515 g/mol. The van der Waals surface area contributed by atoms with E-state index in [0.717, 1.165) is 56.0 Å². The molecule has 40 heavy (non-hydrogen) atoms. The maximum Gasteiger partial charge on any atom is 0.307 e. The highest BCUT2D eigenvalue weighted by molar-refractivity contribution is 5.94. The third kappa shape index (κ3) is 4.42. The number of rotatable bonds is 6. The molecule has 0 bridgehead atoms. The van der Waals surface area contributed by atoms with Crippen molar-refractivity contribution in [1.29, 1.82) is 0 Å². The van der Waals surface area contributed by atoms with Gasteiger partial charge in [-0.15, -0.1) is 0 Å². The van der Waals surface area contributed by atoms with Crippen LogP contribution in [0.25, 0.3) is 50.2 Å².